The molecule has 1 N–H and O–H groups in total. The number of hydrogen-bond donors (Lipinski definition) is 1. The van der Waals surface area contributed by atoms with Gasteiger partial charge < -0.3 is 14.5 Å². The van der Waals surface area contributed by atoms with Gasteiger partial charge in [-0.1, -0.05) is 35.0 Å². The second-order valence-corrected chi connectivity index (χ2v) is 6.87. The first-order valence-electron chi connectivity index (χ1n) is 8.30. The number of anilines is 1. The number of aliphatic hydroxyl groups excluding tert-OH is 1. The van der Waals surface area contributed by atoms with Crippen LogP contribution >= 0.6 is 11.6 Å². The molecular formula is C18H15ClN6O2. The van der Waals surface area contributed by atoms with E-state index in [1.165, 1.54) is 0 Å². The van der Waals surface area contributed by atoms with Gasteiger partial charge in [0.2, 0.25) is 0 Å². The van der Waals surface area contributed by atoms with Gasteiger partial charge in [-0.25, -0.2) is 0 Å². The maximum absolute atomic E-state index is 9.67. The molecule has 0 spiro atoms. The molecule has 2 aromatic heterocycles. The Morgan fingerprint density at radius 1 is 1.22 bits per heavy atom. The van der Waals surface area contributed by atoms with Gasteiger partial charge in [0.05, 0.1) is 11.5 Å². The van der Waals surface area contributed by atoms with Gasteiger partial charge in [-0.2, -0.15) is 10.2 Å². The SMILES string of the molecule is N#CC1(Cc2ccccc2Cl)CN(c2ccc(-c3nc(CO)no3)nn2)C1. The molecule has 1 aliphatic heterocycles. The van der Waals surface area contributed by atoms with Gasteiger partial charge in [0.15, 0.2) is 17.3 Å². The van der Waals surface area contributed by atoms with Gasteiger partial charge >= 0.3 is 0 Å². The average molecular weight is 383 g/mol. The quantitative estimate of drug-likeness (QED) is 0.715. The highest BCUT2D eigenvalue weighted by molar-refractivity contribution is 6.31. The van der Waals surface area contributed by atoms with Gasteiger partial charge in [-0.3, -0.25) is 0 Å². The Kier molecular flexibility index (Phi) is 4.48. The lowest BCUT2D eigenvalue weighted by Gasteiger charge is -2.46. The summed E-state index contributed by atoms with van der Waals surface area (Å²) in [7, 11) is 0. The van der Waals surface area contributed by atoms with E-state index in [0.717, 1.165) is 5.56 Å². The summed E-state index contributed by atoms with van der Waals surface area (Å²) in [6, 6.07) is 13.5. The van der Waals surface area contributed by atoms with Crippen molar-refractivity contribution in [3.63, 3.8) is 0 Å². The topological polar surface area (TPSA) is 112 Å². The van der Waals surface area contributed by atoms with Crippen LogP contribution in [0, 0.1) is 16.7 Å². The Morgan fingerprint density at radius 2 is 2.04 bits per heavy atom. The number of aliphatic hydroxyl groups is 1. The van der Waals surface area contributed by atoms with Crippen molar-refractivity contribution in [2.45, 2.75) is 13.0 Å². The molecule has 27 heavy (non-hydrogen) atoms. The Labute approximate surface area is 160 Å². The van der Waals surface area contributed by atoms with Crippen molar-refractivity contribution in [2.75, 3.05) is 18.0 Å². The van der Waals surface area contributed by atoms with E-state index >= 15 is 0 Å². The molecule has 8 nitrogen and oxygen atoms in total. The van der Waals surface area contributed by atoms with Crippen LogP contribution in [0.2, 0.25) is 5.02 Å². The number of benzene rings is 1. The van der Waals surface area contributed by atoms with Gasteiger partial charge in [0.1, 0.15) is 6.61 Å². The molecule has 0 unspecified atom stereocenters. The molecule has 1 aromatic carbocycles. The summed E-state index contributed by atoms with van der Waals surface area (Å²) < 4.78 is 5.02. The third-order valence-corrected chi connectivity index (χ3v) is 4.88. The van der Waals surface area contributed by atoms with E-state index in [-0.39, 0.29) is 18.3 Å². The molecule has 0 radical (unpaired) electrons. The second-order valence-electron chi connectivity index (χ2n) is 6.47. The Hall–Kier alpha value is -3.02. The lowest BCUT2D eigenvalue weighted by molar-refractivity contribution is 0.264. The van der Waals surface area contributed by atoms with Crippen LogP contribution in [0.25, 0.3) is 11.6 Å². The van der Waals surface area contributed by atoms with E-state index in [4.69, 9.17) is 21.2 Å². The molecule has 136 valence electrons. The van der Waals surface area contributed by atoms with E-state index in [0.29, 0.717) is 36.0 Å². The van der Waals surface area contributed by atoms with E-state index in [2.05, 4.69) is 26.4 Å². The van der Waals surface area contributed by atoms with E-state index in [1.54, 1.807) is 12.1 Å². The van der Waals surface area contributed by atoms with Gasteiger partial charge in [-0.05, 0) is 30.2 Å². The lowest BCUT2D eigenvalue weighted by Crippen LogP contribution is -2.57. The summed E-state index contributed by atoms with van der Waals surface area (Å²) in [4.78, 5) is 5.99. The van der Waals surface area contributed by atoms with Gasteiger partial charge in [0.25, 0.3) is 5.89 Å². The summed E-state index contributed by atoms with van der Waals surface area (Å²) >= 11 is 6.23. The summed E-state index contributed by atoms with van der Waals surface area (Å²) in [6.07, 6.45) is 0.594. The maximum Gasteiger partial charge on any atom is 0.278 e. The minimum absolute atomic E-state index is 0.192. The zero-order chi connectivity index (χ0) is 18.9. The summed E-state index contributed by atoms with van der Waals surface area (Å²) in [5.74, 6) is 1.06. The zero-order valence-corrected chi connectivity index (χ0v) is 15.0. The first-order chi connectivity index (χ1) is 13.1. The monoisotopic (exact) mass is 382 g/mol. The standard InChI is InChI=1S/C18H15ClN6O2/c19-13-4-2-1-3-12(13)7-18(9-20)10-25(11-18)16-6-5-14(22-23-16)17-21-15(8-26)24-27-17/h1-6,26H,7-8,10-11H2. The summed E-state index contributed by atoms with van der Waals surface area (Å²) in [5, 5.41) is 31.2. The molecule has 1 fully saturated rings. The highest BCUT2D eigenvalue weighted by atomic mass is 35.5. The molecule has 3 heterocycles. The molecule has 0 amide bonds. The van der Waals surface area contributed by atoms with E-state index < -0.39 is 5.41 Å². The van der Waals surface area contributed by atoms with Crippen molar-refractivity contribution in [2.24, 2.45) is 5.41 Å². The van der Waals surface area contributed by atoms with Crippen LogP contribution in [0.4, 0.5) is 5.82 Å². The summed E-state index contributed by atoms with van der Waals surface area (Å²) in [6.45, 7) is 0.806. The van der Waals surface area contributed by atoms with E-state index in [9.17, 15) is 5.26 Å². The largest absolute Gasteiger partial charge is 0.388 e. The molecule has 0 aliphatic carbocycles. The Bertz CT molecular complexity index is 992. The fraction of sp³-hybridized carbons (Fsp3) is 0.278. The lowest BCUT2D eigenvalue weighted by atomic mass is 9.76. The third kappa shape index (κ3) is 3.35. The van der Waals surface area contributed by atoms with E-state index in [1.807, 2.05) is 29.2 Å². The van der Waals surface area contributed by atoms with Gasteiger partial charge in [-0.15, -0.1) is 10.2 Å². The first kappa shape index (κ1) is 17.4. The minimum Gasteiger partial charge on any atom is -0.388 e. The molecular weight excluding hydrogens is 368 g/mol. The van der Waals surface area contributed by atoms with Crippen LogP contribution in [-0.2, 0) is 13.0 Å². The van der Waals surface area contributed by atoms with Gasteiger partial charge in [0, 0.05) is 18.1 Å². The molecule has 0 bridgehead atoms. The minimum atomic E-state index is -0.492. The number of nitriles is 1. The molecule has 4 rings (SSSR count). The number of hydrogen-bond acceptors (Lipinski definition) is 8. The number of aromatic nitrogens is 4. The zero-order valence-electron chi connectivity index (χ0n) is 14.2. The number of halogens is 1. The van der Waals surface area contributed by atoms with Crippen molar-refractivity contribution in [3.05, 3.63) is 52.8 Å². The second kappa shape index (κ2) is 6.95. The molecule has 0 atom stereocenters. The van der Waals surface area contributed by atoms with Crippen LogP contribution in [0.5, 0.6) is 0 Å². The van der Waals surface area contributed by atoms with Crippen molar-refractivity contribution in [3.8, 4) is 17.7 Å². The van der Waals surface area contributed by atoms with Crippen molar-refractivity contribution >= 4 is 17.4 Å². The Morgan fingerprint density at radius 3 is 2.67 bits per heavy atom. The van der Waals surface area contributed by atoms with Crippen LogP contribution < -0.4 is 4.90 Å². The fourth-order valence-corrected chi connectivity index (χ4v) is 3.31. The smallest absolute Gasteiger partial charge is 0.278 e. The van der Waals surface area contributed by atoms with Crippen LogP contribution in [-0.4, -0.2) is 38.5 Å². The average Bonchev–Trinajstić information content (AvgIpc) is 3.15. The molecule has 1 saturated heterocycles. The van der Waals surface area contributed by atoms with Crippen molar-refractivity contribution < 1.29 is 9.63 Å². The molecule has 1 aliphatic rings. The van der Waals surface area contributed by atoms with Crippen molar-refractivity contribution in [1.82, 2.24) is 20.3 Å². The molecule has 3 aromatic rings. The first-order valence-corrected chi connectivity index (χ1v) is 8.67. The number of nitrogens with zero attached hydrogens (tertiary/aromatic N) is 6. The predicted octanol–water partition coefficient (Wildman–Crippen LogP) is 2.24. The van der Waals surface area contributed by atoms with Crippen molar-refractivity contribution in [1.29, 1.82) is 5.26 Å². The van der Waals surface area contributed by atoms with Crippen LogP contribution in [0.15, 0.2) is 40.9 Å². The van der Waals surface area contributed by atoms with Crippen LogP contribution in [0.3, 0.4) is 0 Å². The normalized spacial score (nSPS) is 15.2. The Balaban J connectivity index is 1.45. The van der Waals surface area contributed by atoms with Crippen LogP contribution in [0.1, 0.15) is 11.4 Å². The summed E-state index contributed by atoms with van der Waals surface area (Å²) in [5.41, 5.74) is 0.903. The number of rotatable bonds is 5. The molecule has 0 saturated carbocycles. The predicted molar refractivity (Wildman–Crippen MR) is 96.7 cm³/mol. The molecule has 9 heteroatoms. The maximum atomic E-state index is 9.67. The third-order valence-electron chi connectivity index (χ3n) is 4.51. The fourth-order valence-electron chi connectivity index (χ4n) is 3.10. The highest BCUT2D eigenvalue weighted by Gasteiger charge is 2.44. The highest BCUT2D eigenvalue weighted by Crippen LogP contribution is 2.37.